The second kappa shape index (κ2) is 4.39. The first-order valence-electron chi connectivity index (χ1n) is 4.89. The van der Waals surface area contributed by atoms with E-state index in [1.54, 1.807) is 0 Å². The van der Waals surface area contributed by atoms with E-state index >= 15 is 0 Å². The highest BCUT2D eigenvalue weighted by molar-refractivity contribution is 6.71. The molecule has 0 radical (unpaired) electrons. The van der Waals surface area contributed by atoms with Crippen LogP contribution in [0.4, 0.5) is 0 Å². The molecule has 1 heterocycles. The first-order chi connectivity index (χ1) is 5.64. The molecule has 0 atom stereocenters. The Morgan fingerprint density at radius 2 is 1.92 bits per heavy atom. The van der Waals surface area contributed by atoms with Gasteiger partial charge in [0, 0.05) is 19.3 Å². The summed E-state index contributed by atoms with van der Waals surface area (Å²) in [5, 5.41) is 0. The number of hydrogen-bond donors (Lipinski definition) is 0. The smallest absolute Gasteiger partial charge is 0.186 e. The van der Waals surface area contributed by atoms with Gasteiger partial charge in [0.2, 0.25) is 0 Å². The van der Waals surface area contributed by atoms with Crippen LogP contribution in [0.15, 0.2) is 0 Å². The first-order valence-corrected chi connectivity index (χ1v) is 8.01. The zero-order valence-corrected chi connectivity index (χ0v) is 9.43. The summed E-state index contributed by atoms with van der Waals surface area (Å²) in [7, 11) is -1.32. The van der Waals surface area contributed by atoms with E-state index in [4.69, 9.17) is 9.16 Å². The van der Waals surface area contributed by atoms with Crippen molar-refractivity contribution < 1.29 is 9.16 Å². The molecule has 0 bridgehead atoms. The average molecular weight is 188 g/mol. The maximum absolute atomic E-state index is 6.09. The van der Waals surface area contributed by atoms with E-state index in [1.807, 2.05) is 0 Å². The SMILES string of the molecule is CC[Si](C)(C)OC1CCOCC1. The fraction of sp³-hybridized carbons (Fsp3) is 1.00. The lowest BCUT2D eigenvalue weighted by Gasteiger charge is -2.30. The molecule has 0 unspecified atom stereocenters. The monoisotopic (exact) mass is 188 g/mol. The standard InChI is InChI=1S/C9H20O2Si/c1-4-12(2,3)11-9-5-7-10-8-6-9/h9H,4-8H2,1-3H3. The molecule has 0 N–H and O–H groups in total. The largest absolute Gasteiger partial charge is 0.414 e. The molecular formula is C9H20O2Si. The Bertz CT molecular complexity index is 130. The first kappa shape index (κ1) is 10.2. The van der Waals surface area contributed by atoms with Gasteiger partial charge in [-0.2, -0.15) is 0 Å². The van der Waals surface area contributed by atoms with Gasteiger partial charge in [-0.25, -0.2) is 0 Å². The van der Waals surface area contributed by atoms with E-state index in [1.165, 1.54) is 6.04 Å². The third-order valence-electron chi connectivity index (χ3n) is 2.51. The second-order valence-electron chi connectivity index (χ2n) is 4.04. The van der Waals surface area contributed by atoms with E-state index in [0.29, 0.717) is 6.10 Å². The quantitative estimate of drug-likeness (QED) is 0.633. The van der Waals surface area contributed by atoms with Gasteiger partial charge < -0.3 is 9.16 Å². The molecule has 0 aromatic heterocycles. The topological polar surface area (TPSA) is 18.5 Å². The van der Waals surface area contributed by atoms with Crippen LogP contribution in [0.1, 0.15) is 19.8 Å². The van der Waals surface area contributed by atoms with Crippen molar-refractivity contribution in [2.24, 2.45) is 0 Å². The molecule has 0 amide bonds. The number of hydrogen-bond acceptors (Lipinski definition) is 2. The predicted octanol–water partition coefficient (Wildman–Crippen LogP) is 2.41. The molecular weight excluding hydrogens is 168 g/mol. The van der Waals surface area contributed by atoms with Gasteiger partial charge in [0.1, 0.15) is 0 Å². The van der Waals surface area contributed by atoms with Gasteiger partial charge in [-0.1, -0.05) is 6.92 Å². The predicted molar refractivity (Wildman–Crippen MR) is 52.9 cm³/mol. The van der Waals surface area contributed by atoms with E-state index in [2.05, 4.69) is 20.0 Å². The van der Waals surface area contributed by atoms with Gasteiger partial charge in [0.05, 0.1) is 0 Å². The van der Waals surface area contributed by atoms with Gasteiger partial charge in [0.25, 0.3) is 0 Å². The van der Waals surface area contributed by atoms with Crippen LogP contribution in [-0.2, 0) is 9.16 Å². The molecule has 1 fully saturated rings. The van der Waals surface area contributed by atoms with Gasteiger partial charge >= 0.3 is 0 Å². The molecule has 12 heavy (non-hydrogen) atoms. The van der Waals surface area contributed by atoms with Crippen LogP contribution in [0.5, 0.6) is 0 Å². The van der Waals surface area contributed by atoms with E-state index in [0.717, 1.165) is 26.1 Å². The minimum atomic E-state index is -1.32. The van der Waals surface area contributed by atoms with Crippen LogP contribution >= 0.6 is 0 Å². The maximum atomic E-state index is 6.09. The zero-order valence-electron chi connectivity index (χ0n) is 8.43. The summed E-state index contributed by atoms with van der Waals surface area (Å²) in [6.45, 7) is 8.59. The minimum Gasteiger partial charge on any atom is -0.414 e. The van der Waals surface area contributed by atoms with Gasteiger partial charge in [-0.15, -0.1) is 0 Å². The highest BCUT2D eigenvalue weighted by Crippen LogP contribution is 2.19. The van der Waals surface area contributed by atoms with Crippen molar-refractivity contribution in [3.05, 3.63) is 0 Å². The molecule has 0 aromatic rings. The Kier molecular flexibility index (Phi) is 3.74. The normalized spacial score (nSPS) is 21.2. The fourth-order valence-electron chi connectivity index (χ4n) is 1.33. The maximum Gasteiger partial charge on any atom is 0.186 e. The van der Waals surface area contributed by atoms with Crippen LogP contribution in [-0.4, -0.2) is 27.6 Å². The average Bonchev–Trinajstić information content (AvgIpc) is 2.06. The summed E-state index contributed by atoms with van der Waals surface area (Å²) in [4.78, 5) is 0. The van der Waals surface area contributed by atoms with E-state index < -0.39 is 8.32 Å². The highest BCUT2D eigenvalue weighted by atomic mass is 28.4. The summed E-state index contributed by atoms with van der Waals surface area (Å²) in [6, 6.07) is 1.21. The van der Waals surface area contributed by atoms with Crippen molar-refractivity contribution >= 4 is 8.32 Å². The number of ether oxygens (including phenoxy) is 1. The van der Waals surface area contributed by atoms with Crippen molar-refractivity contribution in [1.29, 1.82) is 0 Å². The third-order valence-corrected chi connectivity index (χ3v) is 5.18. The lowest BCUT2D eigenvalue weighted by molar-refractivity contribution is 0.0218. The van der Waals surface area contributed by atoms with Crippen LogP contribution < -0.4 is 0 Å². The Hall–Kier alpha value is 0.137. The molecule has 0 spiro atoms. The van der Waals surface area contributed by atoms with Crippen molar-refractivity contribution in [2.45, 2.75) is 45.0 Å². The van der Waals surface area contributed by atoms with Crippen LogP contribution in [0.3, 0.4) is 0 Å². The van der Waals surface area contributed by atoms with Crippen molar-refractivity contribution in [3.63, 3.8) is 0 Å². The zero-order chi connectivity index (χ0) is 9.03. The Labute approximate surface area is 76.4 Å². The molecule has 0 aliphatic carbocycles. The summed E-state index contributed by atoms with van der Waals surface area (Å²) >= 11 is 0. The fourth-order valence-corrected chi connectivity index (χ4v) is 2.63. The molecule has 1 rings (SSSR count). The molecule has 1 aliphatic rings. The summed E-state index contributed by atoms with van der Waals surface area (Å²) < 4.78 is 11.4. The molecule has 1 saturated heterocycles. The molecule has 1 aliphatic heterocycles. The van der Waals surface area contributed by atoms with Gasteiger partial charge in [-0.3, -0.25) is 0 Å². The van der Waals surface area contributed by atoms with Crippen molar-refractivity contribution in [1.82, 2.24) is 0 Å². The van der Waals surface area contributed by atoms with E-state index in [9.17, 15) is 0 Å². The number of rotatable bonds is 3. The lowest BCUT2D eigenvalue weighted by Crippen LogP contribution is -2.37. The molecule has 72 valence electrons. The lowest BCUT2D eigenvalue weighted by atomic mass is 10.2. The Morgan fingerprint density at radius 1 is 1.33 bits per heavy atom. The van der Waals surface area contributed by atoms with Crippen LogP contribution in [0.25, 0.3) is 0 Å². The summed E-state index contributed by atoms with van der Waals surface area (Å²) in [6.07, 6.45) is 2.67. The van der Waals surface area contributed by atoms with Gasteiger partial charge in [-0.05, 0) is 32.0 Å². The van der Waals surface area contributed by atoms with E-state index in [-0.39, 0.29) is 0 Å². The van der Waals surface area contributed by atoms with Crippen molar-refractivity contribution in [3.8, 4) is 0 Å². The van der Waals surface area contributed by atoms with Gasteiger partial charge in [0.15, 0.2) is 8.32 Å². The summed E-state index contributed by atoms with van der Waals surface area (Å²) in [5.74, 6) is 0. The van der Waals surface area contributed by atoms with Crippen molar-refractivity contribution in [2.75, 3.05) is 13.2 Å². The molecule has 2 nitrogen and oxygen atoms in total. The Balaban J connectivity index is 2.28. The van der Waals surface area contributed by atoms with Crippen LogP contribution in [0.2, 0.25) is 19.1 Å². The Morgan fingerprint density at radius 3 is 2.42 bits per heavy atom. The summed E-state index contributed by atoms with van der Waals surface area (Å²) in [5.41, 5.74) is 0. The molecule has 0 saturated carbocycles. The second-order valence-corrected chi connectivity index (χ2v) is 8.51. The van der Waals surface area contributed by atoms with Crippen LogP contribution in [0, 0.1) is 0 Å². The highest BCUT2D eigenvalue weighted by Gasteiger charge is 2.25. The third kappa shape index (κ3) is 3.25. The minimum absolute atomic E-state index is 0.486. The molecule has 0 aromatic carbocycles. The molecule has 3 heteroatoms.